The summed E-state index contributed by atoms with van der Waals surface area (Å²) in [7, 11) is -3.30. The molecule has 1 aromatic rings. The summed E-state index contributed by atoms with van der Waals surface area (Å²) in [4.78, 5) is 11.9. The molecule has 0 aromatic heterocycles. The number of amides is 1. The van der Waals surface area contributed by atoms with Crippen molar-refractivity contribution in [3.8, 4) is 0 Å². The van der Waals surface area contributed by atoms with E-state index < -0.39 is 10.0 Å². The van der Waals surface area contributed by atoms with Crippen molar-refractivity contribution in [2.45, 2.75) is 25.8 Å². The van der Waals surface area contributed by atoms with E-state index in [2.05, 4.69) is 15.4 Å². The maximum Gasteiger partial charge on any atom is 0.242 e. The molecule has 22 heavy (non-hydrogen) atoms. The normalized spacial score (nSPS) is 18.1. The van der Waals surface area contributed by atoms with E-state index in [1.165, 1.54) is 0 Å². The number of anilines is 2. The van der Waals surface area contributed by atoms with Crippen molar-refractivity contribution in [3.05, 3.63) is 24.3 Å². The van der Waals surface area contributed by atoms with Crippen LogP contribution in [0.3, 0.4) is 0 Å². The summed E-state index contributed by atoms with van der Waals surface area (Å²) in [6.07, 6.45) is 1.47. The lowest BCUT2D eigenvalue weighted by molar-refractivity contribution is -0.117. The summed E-state index contributed by atoms with van der Waals surface area (Å²) in [5.74, 6) is 1.60. The molecule has 1 heterocycles. The number of carbonyl (C=O) groups excluding carboxylic acids is 1. The summed E-state index contributed by atoms with van der Waals surface area (Å²) in [5.41, 5.74) is 1.16. The smallest absolute Gasteiger partial charge is 0.242 e. The van der Waals surface area contributed by atoms with Gasteiger partial charge in [-0.1, -0.05) is 13.3 Å². The fourth-order valence-corrected chi connectivity index (χ4v) is 4.19. The van der Waals surface area contributed by atoms with Gasteiger partial charge in [0.1, 0.15) is 0 Å². The molecule has 8 heteroatoms. The third kappa shape index (κ3) is 5.19. The van der Waals surface area contributed by atoms with Crippen molar-refractivity contribution < 1.29 is 13.2 Å². The quantitative estimate of drug-likeness (QED) is 0.703. The van der Waals surface area contributed by atoms with Crippen LogP contribution in [-0.4, -0.2) is 37.7 Å². The lowest BCUT2D eigenvalue weighted by Crippen LogP contribution is -2.37. The van der Waals surface area contributed by atoms with Crippen LogP contribution >= 0.6 is 11.8 Å². The van der Waals surface area contributed by atoms with E-state index in [9.17, 15) is 13.2 Å². The van der Waals surface area contributed by atoms with Gasteiger partial charge in [-0.25, -0.2) is 8.42 Å². The van der Waals surface area contributed by atoms with Crippen LogP contribution in [0.4, 0.5) is 11.4 Å². The van der Waals surface area contributed by atoms with Crippen LogP contribution in [0, 0.1) is 0 Å². The molecular weight excluding hydrogens is 322 g/mol. The second kappa shape index (κ2) is 7.85. The molecule has 1 aliphatic heterocycles. The maximum absolute atomic E-state index is 11.9. The van der Waals surface area contributed by atoms with Gasteiger partial charge in [0, 0.05) is 23.0 Å². The molecular formula is C14H21N3O3S2. The molecule has 1 amide bonds. The Morgan fingerprint density at radius 3 is 2.59 bits per heavy atom. The Balaban J connectivity index is 1.91. The van der Waals surface area contributed by atoms with Crippen molar-refractivity contribution in [2.24, 2.45) is 0 Å². The molecule has 6 nitrogen and oxygen atoms in total. The zero-order valence-electron chi connectivity index (χ0n) is 12.5. The highest BCUT2D eigenvalue weighted by Gasteiger charge is 2.22. The highest BCUT2D eigenvalue weighted by molar-refractivity contribution is 7.99. The first kappa shape index (κ1) is 17.1. The number of nitrogens with one attached hydrogen (secondary N) is 3. The number of rotatable bonds is 7. The number of thioether (sulfide) groups is 1. The highest BCUT2D eigenvalue weighted by Crippen LogP contribution is 2.17. The average molecular weight is 343 g/mol. The third-order valence-corrected chi connectivity index (χ3v) is 5.54. The molecule has 3 N–H and O–H groups in total. The fraction of sp³-hybridized carbons (Fsp3) is 0.500. The Bertz CT molecular complexity index is 596. The zero-order chi connectivity index (χ0) is 16.0. The minimum atomic E-state index is -3.30. The van der Waals surface area contributed by atoms with Crippen LogP contribution in [0.2, 0.25) is 0 Å². The van der Waals surface area contributed by atoms with Crippen molar-refractivity contribution in [1.82, 2.24) is 5.32 Å². The van der Waals surface area contributed by atoms with E-state index in [-0.39, 0.29) is 17.7 Å². The van der Waals surface area contributed by atoms with Crippen LogP contribution in [-0.2, 0) is 14.8 Å². The molecule has 2 rings (SSSR count). The van der Waals surface area contributed by atoms with Crippen LogP contribution in [0.15, 0.2) is 24.3 Å². The van der Waals surface area contributed by atoms with E-state index in [0.717, 1.165) is 18.1 Å². The van der Waals surface area contributed by atoms with Gasteiger partial charge >= 0.3 is 0 Å². The highest BCUT2D eigenvalue weighted by atomic mass is 32.2. The summed E-state index contributed by atoms with van der Waals surface area (Å²) in [6.45, 7) is 1.95. The number of benzene rings is 1. The lowest BCUT2D eigenvalue weighted by Gasteiger charge is -2.11. The minimum Gasteiger partial charge on any atom is -0.325 e. The first-order valence-electron chi connectivity index (χ1n) is 7.23. The number of hydrogen-bond acceptors (Lipinski definition) is 5. The van der Waals surface area contributed by atoms with Crippen molar-refractivity contribution in [1.29, 1.82) is 0 Å². The van der Waals surface area contributed by atoms with Crippen LogP contribution < -0.4 is 15.4 Å². The molecule has 0 spiro atoms. The molecule has 1 fully saturated rings. The second-order valence-corrected chi connectivity index (χ2v) is 7.99. The maximum atomic E-state index is 11.9. The van der Waals surface area contributed by atoms with E-state index in [0.29, 0.717) is 17.8 Å². The summed E-state index contributed by atoms with van der Waals surface area (Å²) < 4.78 is 26.1. The van der Waals surface area contributed by atoms with Gasteiger partial charge in [0.05, 0.1) is 11.8 Å². The minimum absolute atomic E-state index is 0.0683. The van der Waals surface area contributed by atoms with Crippen molar-refractivity contribution in [2.75, 3.05) is 27.4 Å². The van der Waals surface area contributed by atoms with Gasteiger partial charge in [0.15, 0.2) is 0 Å². The Morgan fingerprint density at radius 2 is 2.00 bits per heavy atom. The number of unbranched alkanes of at least 4 members (excludes halogenated alkanes) is 1. The first-order chi connectivity index (χ1) is 10.5. The van der Waals surface area contributed by atoms with Crippen LogP contribution in [0.1, 0.15) is 19.8 Å². The molecule has 0 bridgehead atoms. The Labute approximate surface area is 135 Å². The van der Waals surface area contributed by atoms with E-state index in [4.69, 9.17) is 0 Å². The molecule has 1 atom stereocenters. The van der Waals surface area contributed by atoms with Crippen LogP contribution in [0.5, 0.6) is 0 Å². The summed E-state index contributed by atoms with van der Waals surface area (Å²) in [6, 6.07) is 6.51. The molecule has 0 saturated carbocycles. The van der Waals surface area contributed by atoms with Gasteiger partial charge in [-0.3, -0.25) is 14.8 Å². The average Bonchev–Trinajstić information content (AvgIpc) is 3.01. The fourth-order valence-electron chi connectivity index (χ4n) is 1.98. The zero-order valence-corrected chi connectivity index (χ0v) is 14.1. The van der Waals surface area contributed by atoms with Gasteiger partial charge in [-0.05, 0) is 30.7 Å². The molecule has 0 aliphatic carbocycles. The number of hydrogen-bond donors (Lipinski definition) is 3. The van der Waals surface area contributed by atoms with Gasteiger partial charge in [0.2, 0.25) is 15.9 Å². The SMILES string of the molecule is CCCCS(=O)(=O)Nc1ccc(NC(=O)C2CSCN2)cc1. The van der Waals surface area contributed by atoms with Crippen molar-refractivity contribution in [3.63, 3.8) is 0 Å². The van der Waals surface area contributed by atoms with Gasteiger partial charge in [0.25, 0.3) is 0 Å². The topological polar surface area (TPSA) is 87.3 Å². The second-order valence-electron chi connectivity index (χ2n) is 5.11. The van der Waals surface area contributed by atoms with Gasteiger partial charge in [-0.15, -0.1) is 11.8 Å². The van der Waals surface area contributed by atoms with E-state index in [1.807, 2.05) is 6.92 Å². The van der Waals surface area contributed by atoms with E-state index >= 15 is 0 Å². The Kier molecular flexibility index (Phi) is 6.10. The van der Waals surface area contributed by atoms with Gasteiger partial charge in [-0.2, -0.15) is 0 Å². The molecule has 0 radical (unpaired) electrons. The lowest BCUT2D eigenvalue weighted by atomic mass is 10.2. The van der Waals surface area contributed by atoms with Crippen LogP contribution in [0.25, 0.3) is 0 Å². The number of carbonyl (C=O) groups is 1. The van der Waals surface area contributed by atoms with Crippen molar-refractivity contribution >= 4 is 39.1 Å². The van der Waals surface area contributed by atoms with Gasteiger partial charge < -0.3 is 5.32 Å². The summed E-state index contributed by atoms with van der Waals surface area (Å²) in [5, 5.41) is 5.91. The monoisotopic (exact) mass is 343 g/mol. The van der Waals surface area contributed by atoms with E-state index in [1.54, 1.807) is 36.0 Å². The molecule has 1 unspecified atom stereocenters. The first-order valence-corrected chi connectivity index (χ1v) is 10.0. The number of sulfonamides is 1. The predicted octanol–water partition coefficient (Wildman–Crippen LogP) is 1.83. The molecule has 1 saturated heterocycles. The largest absolute Gasteiger partial charge is 0.325 e. The summed E-state index contributed by atoms with van der Waals surface area (Å²) >= 11 is 1.69. The molecule has 122 valence electrons. The Hall–Kier alpha value is -1.25. The molecule has 1 aliphatic rings. The standard InChI is InChI=1S/C14H21N3O3S2/c1-2-3-8-22(19,20)17-12-6-4-11(5-7-12)16-14(18)13-9-21-10-15-13/h4-7,13,15,17H,2-3,8-10H2,1H3,(H,16,18). The Morgan fingerprint density at radius 1 is 1.32 bits per heavy atom. The third-order valence-electron chi connectivity index (χ3n) is 3.23. The molecule has 1 aromatic carbocycles. The predicted molar refractivity (Wildman–Crippen MR) is 91.6 cm³/mol.